The highest BCUT2D eigenvalue weighted by atomic mass is 35.5. The fourth-order valence-electron chi connectivity index (χ4n) is 2.71. The minimum Gasteiger partial charge on any atom is -0.369 e. The van der Waals surface area contributed by atoms with Crippen LogP contribution in [0.15, 0.2) is 6.07 Å². The van der Waals surface area contributed by atoms with E-state index in [-0.39, 0.29) is 0 Å². The van der Waals surface area contributed by atoms with Crippen LogP contribution in [-0.4, -0.2) is 19.6 Å². The van der Waals surface area contributed by atoms with Crippen LogP contribution in [-0.2, 0) is 6.42 Å². The zero-order valence-electron chi connectivity index (χ0n) is 11.5. The van der Waals surface area contributed by atoms with E-state index in [0.717, 1.165) is 47.2 Å². The Bertz CT molecular complexity index is 440. The van der Waals surface area contributed by atoms with Gasteiger partial charge in [0.2, 0.25) is 0 Å². The molecule has 1 fully saturated rings. The van der Waals surface area contributed by atoms with E-state index < -0.39 is 0 Å². The van der Waals surface area contributed by atoms with Crippen molar-refractivity contribution in [2.24, 2.45) is 5.73 Å². The van der Waals surface area contributed by atoms with Gasteiger partial charge in [-0.05, 0) is 62.8 Å². The molecule has 2 N–H and O–H groups in total. The summed E-state index contributed by atoms with van der Waals surface area (Å²) in [5.41, 5.74) is 8.98. The van der Waals surface area contributed by atoms with Gasteiger partial charge in [0.15, 0.2) is 0 Å². The molecule has 0 amide bonds. The molecule has 106 valence electrons. The zero-order valence-corrected chi connectivity index (χ0v) is 13.0. The molecule has 4 heteroatoms. The first-order valence-corrected chi connectivity index (χ1v) is 7.83. The Morgan fingerprint density at radius 2 is 1.89 bits per heavy atom. The van der Waals surface area contributed by atoms with Crippen LogP contribution in [0.1, 0.15) is 36.8 Å². The second-order valence-electron chi connectivity index (χ2n) is 5.25. The standard InChI is InChI=1S/C15H22Cl2N2/c1-11-12(6-5-7-18)10-13(16)15(14(11)17)19-8-3-2-4-9-19/h10H,2-9,18H2,1H3. The van der Waals surface area contributed by atoms with Crippen molar-refractivity contribution < 1.29 is 0 Å². The van der Waals surface area contributed by atoms with E-state index in [1.165, 1.54) is 24.8 Å². The van der Waals surface area contributed by atoms with Crippen LogP contribution < -0.4 is 10.6 Å². The summed E-state index contributed by atoms with van der Waals surface area (Å²) in [6.07, 6.45) is 5.67. The first-order valence-electron chi connectivity index (χ1n) is 7.07. The van der Waals surface area contributed by atoms with Gasteiger partial charge in [-0.2, -0.15) is 0 Å². The summed E-state index contributed by atoms with van der Waals surface area (Å²) in [5.74, 6) is 0. The Labute approximate surface area is 125 Å². The monoisotopic (exact) mass is 300 g/mol. The molecule has 1 saturated heterocycles. The first-order chi connectivity index (χ1) is 9.15. The van der Waals surface area contributed by atoms with Gasteiger partial charge < -0.3 is 10.6 Å². The Morgan fingerprint density at radius 3 is 2.53 bits per heavy atom. The van der Waals surface area contributed by atoms with Gasteiger partial charge in [-0.15, -0.1) is 0 Å². The van der Waals surface area contributed by atoms with Gasteiger partial charge in [0.25, 0.3) is 0 Å². The van der Waals surface area contributed by atoms with Crippen LogP contribution in [0.5, 0.6) is 0 Å². The molecule has 2 nitrogen and oxygen atoms in total. The van der Waals surface area contributed by atoms with E-state index in [9.17, 15) is 0 Å². The largest absolute Gasteiger partial charge is 0.369 e. The smallest absolute Gasteiger partial charge is 0.0747 e. The average Bonchev–Trinajstić information content (AvgIpc) is 2.42. The second kappa shape index (κ2) is 6.83. The highest BCUT2D eigenvalue weighted by Gasteiger charge is 2.20. The van der Waals surface area contributed by atoms with Gasteiger partial charge in [-0.25, -0.2) is 0 Å². The Morgan fingerprint density at radius 1 is 1.21 bits per heavy atom. The van der Waals surface area contributed by atoms with E-state index in [2.05, 4.69) is 17.9 Å². The number of piperidine rings is 1. The lowest BCUT2D eigenvalue weighted by Crippen LogP contribution is -2.30. The Balaban J connectivity index is 2.31. The number of nitrogens with zero attached hydrogens (tertiary/aromatic N) is 1. The maximum absolute atomic E-state index is 6.56. The third-order valence-electron chi connectivity index (χ3n) is 3.87. The van der Waals surface area contributed by atoms with Crippen molar-refractivity contribution in [2.75, 3.05) is 24.5 Å². The average molecular weight is 301 g/mol. The van der Waals surface area contributed by atoms with Gasteiger partial charge in [0.1, 0.15) is 0 Å². The molecule has 1 heterocycles. The quantitative estimate of drug-likeness (QED) is 0.904. The predicted molar refractivity (Wildman–Crippen MR) is 84.6 cm³/mol. The van der Waals surface area contributed by atoms with Crippen molar-refractivity contribution in [1.82, 2.24) is 0 Å². The molecular weight excluding hydrogens is 279 g/mol. The number of anilines is 1. The van der Waals surface area contributed by atoms with Gasteiger partial charge in [-0.3, -0.25) is 0 Å². The van der Waals surface area contributed by atoms with E-state index >= 15 is 0 Å². The minimum atomic E-state index is 0.697. The van der Waals surface area contributed by atoms with Crippen molar-refractivity contribution in [3.05, 3.63) is 27.2 Å². The number of hydrogen-bond acceptors (Lipinski definition) is 2. The van der Waals surface area contributed by atoms with Crippen molar-refractivity contribution in [2.45, 2.75) is 39.0 Å². The maximum atomic E-state index is 6.56. The van der Waals surface area contributed by atoms with Gasteiger partial charge >= 0.3 is 0 Å². The highest BCUT2D eigenvalue weighted by Crippen LogP contribution is 2.39. The second-order valence-corrected chi connectivity index (χ2v) is 6.03. The maximum Gasteiger partial charge on any atom is 0.0747 e. The molecule has 0 bridgehead atoms. The fourth-order valence-corrected chi connectivity index (χ4v) is 3.45. The van der Waals surface area contributed by atoms with E-state index in [1.807, 2.05) is 0 Å². The number of benzene rings is 1. The van der Waals surface area contributed by atoms with E-state index in [0.29, 0.717) is 6.54 Å². The molecule has 0 aromatic heterocycles. The number of halogens is 2. The van der Waals surface area contributed by atoms with Crippen LogP contribution in [0, 0.1) is 6.92 Å². The van der Waals surface area contributed by atoms with Crippen molar-refractivity contribution in [3.8, 4) is 0 Å². The summed E-state index contributed by atoms with van der Waals surface area (Å²) in [5, 5.41) is 1.60. The lowest BCUT2D eigenvalue weighted by Gasteiger charge is -2.31. The molecule has 0 spiro atoms. The summed E-state index contributed by atoms with van der Waals surface area (Å²) in [7, 11) is 0. The molecule has 0 atom stereocenters. The molecule has 1 aliphatic heterocycles. The third kappa shape index (κ3) is 3.36. The Kier molecular flexibility index (Phi) is 5.37. The molecule has 0 radical (unpaired) electrons. The van der Waals surface area contributed by atoms with E-state index in [1.54, 1.807) is 0 Å². The number of nitrogens with two attached hydrogens (primary N) is 1. The lowest BCUT2D eigenvalue weighted by molar-refractivity contribution is 0.578. The van der Waals surface area contributed by atoms with Crippen LogP contribution in [0.3, 0.4) is 0 Å². The summed E-state index contributed by atoms with van der Waals surface area (Å²) in [6.45, 7) is 4.89. The number of rotatable bonds is 4. The molecule has 2 rings (SSSR count). The number of aryl methyl sites for hydroxylation is 1. The molecule has 1 aromatic rings. The molecule has 1 aliphatic rings. The molecule has 0 saturated carbocycles. The van der Waals surface area contributed by atoms with Gasteiger partial charge in [0, 0.05) is 13.1 Å². The minimum absolute atomic E-state index is 0.697. The third-order valence-corrected chi connectivity index (χ3v) is 4.62. The summed E-state index contributed by atoms with van der Waals surface area (Å²) >= 11 is 13.0. The van der Waals surface area contributed by atoms with Crippen molar-refractivity contribution >= 4 is 28.9 Å². The summed E-state index contributed by atoms with van der Waals surface area (Å²) in [6, 6.07) is 2.07. The van der Waals surface area contributed by atoms with Crippen molar-refractivity contribution in [1.29, 1.82) is 0 Å². The first kappa shape index (κ1) is 15.0. The van der Waals surface area contributed by atoms with Crippen LogP contribution >= 0.6 is 23.2 Å². The summed E-state index contributed by atoms with van der Waals surface area (Å²) in [4.78, 5) is 2.33. The fraction of sp³-hybridized carbons (Fsp3) is 0.600. The topological polar surface area (TPSA) is 29.3 Å². The molecule has 1 aromatic carbocycles. The predicted octanol–water partition coefficient (Wildman–Crippen LogP) is 4.18. The lowest BCUT2D eigenvalue weighted by atomic mass is 10.0. The molecule has 19 heavy (non-hydrogen) atoms. The normalized spacial score (nSPS) is 15.9. The van der Waals surface area contributed by atoms with Crippen LogP contribution in [0.4, 0.5) is 5.69 Å². The highest BCUT2D eigenvalue weighted by molar-refractivity contribution is 6.39. The molecule has 0 aliphatic carbocycles. The summed E-state index contributed by atoms with van der Waals surface area (Å²) < 4.78 is 0. The van der Waals surface area contributed by atoms with Crippen LogP contribution in [0.2, 0.25) is 10.0 Å². The van der Waals surface area contributed by atoms with Crippen LogP contribution in [0.25, 0.3) is 0 Å². The van der Waals surface area contributed by atoms with Gasteiger partial charge in [-0.1, -0.05) is 23.2 Å². The zero-order chi connectivity index (χ0) is 13.8. The SMILES string of the molecule is Cc1c(CCCN)cc(Cl)c(N2CCCCC2)c1Cl. The molecule has 0 unspecified atom stereocenters. The van der Waals surface area contributed by atoms with E-state index in [4.69, 9.17) is 28.9 Å². The van der Waals surface area contributed by atoms with Gasteiger partial charge in [0.05, 0.1) is 15.7 Å². The van der Waals surface area contributed by atoms with Crippen molar-refractivity contribution in [3.63, 3.8) is 0 Å². The molecular formula is C15H22Cl2N2. The number of hydrogen-bond donors (Lipinski definition) is 1. The Hall–Kier alpha value is -0.440.